The first-order valence-corrected chi connectivity index (χ1v) is 11.0. The molecule has 1 aliphatic heterocycles. The lowest BCUT2D eigenvalue weighted by molar-refractivity contribution is -0.123. The molecule has 0 saturated heterocycles. The Morgan fingerprint density at radius 3 is 2.37 bits per heavy atom. The third kappa shape index (κ3) is 3.58. The third-order valence-electron chi connectivity index (χ3n) is 6.26. The predicted octanol–water partition coefficient (Wildman–Crippen LogP) is 4.22. The van der Waals surface area contributed by atoms with Crippen LogP contribution in [0, 0.1) is 6.92 Å². The molecule has 2 aromatic rings. The van der Waals surface area contributed by atoms with Gasteiger partial charge in [-0.1, -0.05) is 18.2 Å². The van der Waals surface area contributed by atoms with E-state index in [1.807, 2.05) is 6.92 Å². The number of phenols is 2. The molecule has 0 fully saturated rings. The van der Waals surface area contributed by atoms with Crippen LogP contribution in [-0.2, 0) is 15.0 Å². The number of hydrogen-bond acceptors (Lipinski definition) is 8. The van der Waals surface area contributed by atoms with Crippen molar-refractivity contribution in [3.8, 4) is 23.0 Å². The lowest BCUT2D eigenvalue weighted by Crippen LogP contribution is -2.38. The van der Waals surface area contributed by atoms with Gasteiger partial charge < -0.3 is 24.8 Å². The summed E-state index contributed by atoms with van der Waals surface area (Å²) < 4.78 is 11.2. The zero-order valence-corrected chi connectivity index (χ0v) is 19.6. The molecule has 2 aromatic carbocycles. The average molecular weight is 476 g/mol. The fraction of sp³-hybridized carbons (Fsp3) is 0.222. The molecule has 0 aromatic heterocycles. The van der Waals surface area contributed by atoms with E-state index in [-0.39, 0.29) is 28.2 Å². The maximum atomic E-state index is 13.3. The van der Waals surface area contributed by atoms with Crippen molar-refractivity contribution in [1.82, 2.24) is 0 Å². The highest BCUT2D eigenvalue weighted by atomic mass is 16.5. The molecule has 0 saturated carbocycles. The van der Waals surface area contributed by atoms with E-state index in [1.165, 1.54) is 19.9 Å². The fourth-order valence-electron chi connectivity index (χ4n) is 4.36. The standard InChI is InChI=1S/C27H24O8/c1-5-34-16-9-6-15(7-10-16)8-11-17(29)21-23(31)13(2)24(32)22-25(21)35-19-12-18(30)20(14(3)28)26(33)27(19,22)4/h6-12,30-32H,5H2,1-4H3/b11-8+/t27-/m1/s1. The van der Waals surface area contributed by atoms with Gasteiger partial charge in [0, 0.05) is 11.6 Å². The van der Waals surface area contributed by atoms with Crippen molar-refractivity contribution < 1.29 is 39.2 Å². The van der Waals surface area contributed by atoms with Crippen LogP contribution in [0.2, 0.25) is 0 Å². The first kappa shape index (κ1) is 23.8. The SMILES string of the molecule is CCOc1ccc(/C=C/C(=O)c2c(O)c(C)c(O)c3c2OC2=CC(O)=C(C(C)=O)C(=O)[C@]23C)cc1. The van der Waals surface area contributed by atoms with Gasteiger partial charge >= 0.3 is 0 Å². The topological polar surface area (TPSA) is 130 Å². The molecule has 8 nitrogen and oxygen atoms in total. The predicted molar refractivity (Wildman–Crippen MR) is 127 cm³/mol. The van der Waals surface area contributed by atoms with Crippen LogP contribution in [0.4, 0.5) is 0 Å². The quantitative estimate of drug-likeness (QED) is 0.321. The maximum Gasteiger partial charge on any atom is 0.193 e. The van der Waals surface area contributed by atoms with E-state index < -0.39 is 45.6 Å². The number of hydrogen-bond donors (Lipinski definition) is 3. The van der Waals surface area contributed by atoms with E-state index in [1.54, 1.807) is 30.3 Å². The van der Waals surface area contributed by atoms with Gasteiger partial charge in [-0.25, -0.2) is 0 Å². The summed E-state index contributed by atoms with van der Waals surface area (Å²) in [5.74, 6) is -3.14. The lowest BCUT2D eigenvalue weighted by Gasteiger charge is -2.28. The number of aliphatic hydroxyl groups excluding tert-OH is 1. The number of carbonyl (C=O) groups is 3. The number of fused-ring (bicyclic) bond motifs is 3. The van der Waals surface area contributed by atoms with E-state index in [0.717, 1.165) is 13.0 Å². The summed E-state index contributed by atoms with van der Waals surface area (Å²) in [7, 11) is 0. The number of ketones is 3. The van der Waals surface area contributed by atoms with Gasteiger partial charge in [0.2, 0.25) is 0 Å². The second-order valence-corrected chi connectivity index (χ2v) is 8.48. The molecule has 0 unspecified atom stereocenters. The molecule has 0 spiro atoms. The second kappa shape index (κ2) is 8.47. The molecule has 3 N–H and O–H groups in total. The number of carbonyl (C=O) groups excluding carboxylic acids is 3. The summed E-state index contributed by atoms with van der Waals surface area (Å²) in [6.07, 6.45) is 3.90. The van der Waals surface area contributed by atoms with Crippen molar-refractivity contribution in [1.29, 1.82) is 0 Å². The zero-order valence-electron chi connectivity index (χ0n) is 19.6. The molecular formula is C27H24O8. The number of benzene rings is 2. The number of aromatic hydroxyl groups is 2. The number of allylic oxidation sites excluding steroid dienone is 4. The molecule has 0 bridgehead atoms. The van der Waals surface area contributed by atoms with Gasteiger partial charge in [0.05, 0.1) is 12.2 Å². The van der Waals surface area contributed by atoms with Crippen LogP contribution in [0.15, 0.2) is 53.5 Å². The monoisotopic (exact) mass is 476 g/mol. The molecule has 0 amide bonds. The molecule has 4 rings (SSSR count). The number of Topliss-reactive ketones (excluding diaryl/α,β-unsaturated/α-hetero) is 2. The van der Waals surface area contributed by atoms with Crippen molar-refractivity contribution in [2.75, 3.05) is 6.61 Å². The second-order valence-electron chi connectivity index (χ2n) is 8.48. The van der Waals surface area contributed by atoms with E-state index in [0.29, 0.717) is 17.9 Å². The molecule has 2 aliphatic rings. The molecule has 1 heterocycles. The Hall–Kier alpha value is -4.33. The third-order valence-corrected chi connectivity index (χ3v) is 6.26. The summed E-state index contributed by atoms with van der Waals surface area (Å²) in [6, 6.07) is 7.03. The average Bonchev–Trinajstić information content (AvgIpc) is 3.10. The first-order chi connectivity index (χ1) is 16.5. The summed E-state index contributed by atoms with van der Waals surface area (Å²) in [4.78, 5) is 38.6. The highest BCUT2D eigenvalue weighted by Crippen LogP contribution is 2.57. The van der Waals surface area contributed by atoms with Crippen molar-refractivity contribution >= 4 is 23.4 Å². The Bertz CT molecular complexity index is 1380. The molecule has 0 radical (unpaired) electrons. The van der Waals surface area contributed by atoms with Gasteiger partial charge in [0.1, 0.15) is 51.1 Å². The molecule has 180 valence electrons. The van der Waals surface area contributed by atoms with Gasteiger partial charge in [-0.3, -0.25) is 14.4 Å². The summed E-state index contributed by atoms with van der Waals surface area (Å²) in [6.45, 7) is 6.37. The minimum atomic E-state index is -1.67. The molecular weight excluding hydrogens is 452 g/mol. The van der Waals surface area contributed by atoms with Crippen LogP contribution in [0.3, 0.4) is 0 Å². The molecule has 8 heteroatoms. The van der Waals surface area contributed by atoms with Gasteiger partial charge in [-0.2, -0.15) is 0 Å². The van der Waals surface area contributed by atoms with Crippen molar-refractivity contribution in [2.24, 2.45) is 0 Å². The fourth-order valence-corrected chi connectivity index (χ4v) is 4.36. The highest BCUT2D eigenvalue weighted by molar-refractivity contribution is 6.26. The summed E-state index contributed by atoms with van der Waals surface area (Å²) >= 11 is 0. The minimum absolute atomic E-state index is 0.0245. The van der Waals surface area contributed by atoms with Crippen LogP contribution >= 0.6 is 0 Å². The zero-order chi connectivity index (χ0) is 25.7. The molecule has 1 aliphatic carbocycles. The first-order valence-electron chi connectivity index (χ1n) is 11.0. The Morgan fingerprint density at radius 1 is 1.11 bits per heavy atom. The van der Waals surface area contributed by atoms with Gasteiger partial charge in [0.15, 0.2) is 17.3 Å². The van der Waals surface area contributed by atoms with Crippen LogP contribution in [0.5, 0.6) is 23.0 Å². The summed E-state index contributed by atoms with van der Waals surface area (Å²) in [5, 5.41) is 31.9. The van der Waals surface area contributed by atoms with Crippen LogP contribution in [0.25, 0.3) is 6.08 Å². The largest absolute Gasteiger partial charge is 0.507 e. The molecule has 1 atom stereocenters. The van der Waals surface area contributed by atoms with Crippen molar-refractivity contribution in [2.45, 2.75) is 33.1 Å². The number of ether oxygens (including phenoxy) is 2. The normalized spacial score (nSPS) is 18.7. The Morgan fingerprint density at radius 2 is 1.77 bits per heavy atom. The maximum absolute atomic E-state index is 13.3. The Kier molecular flexibility index (Phi) is 5.76. The smallest absolute Gasteiger partial charge is 0.193 e. The number of phenolic OH excluding ortho intramolecular Hbond substituents is 2. The molecule has 35 heavy (non-hydrogen) atoms. The van der Waals surface area contributed by atoms with Crippen molar-refractivity contribution in [3.63, 3.8) is 0 Å². The summed E-state index contributed by atoms with van der Waals surface area (Å²) in [5.41, 5.74) is -1.71. The van der Waals surface area contributed by atoms with E-state index in [9.17, 15) is 29.7 Å². The van der Waals surface area contributed by atoms with Crippen molar-refractivity contribution in [3.05, 3.63) is 75.8 Å². The van der Waals surface area contributed by atoms with Gasteiger partial charge in [0.25, 0.3) is 0 Å². The van der Waals surface area contributed by atoms with Gasteiger partial charge in [-0.05, 0) is 51.5 Å². The Labute approximate surface area is 201 Å². The van der Waals surface area contributed by atoms with Crippen LogP contribution in [0.1, 0.15) is 47.8 Å². The number of aliphatic hydroxyl groups is 1. The van der Waals surface area contributed by atoms with Crippen LogP contribution in [-0.4, -0.2) is 39.3 Å². The van der Waals surface area contributed by atoms with E-state index in [2.05, 4.69) is 0 Å². The highest BCUT2D eigenvalue weighted by Gasteiger charge is 2.55. The van der Waals surface area contributed by atoms with E-state index in [4.69, 9.17) is 9.47 Å². The Balaban J connectivity index is 1.81. The van der Waals surface area contributed by atoms with Gasteiger partial charge in [-0.15, -0.1) is 0 Å². The van der Waals surface area contributed by atoms with Crippen LogP contribution < -0.4 is 9.47 Å². The van der Waals surface area contributed by atoms with E-state index >= 15 is 0 Å². The number of rotatable bonds is 6. The lowest BCUT2D eigenvalue weighted by atomic mass is 9.71. The minimum Gasteiger partial charge on any atom is -0.507 e.